The van der Waals surface area contributed by atoms with Crippen molar-refractivity contribution in [3.8, 4) is 0 Å². The summed E-state index contributed by atoms with van der Waals surface area (Å²) in [5.41, 5.74) is 0. The zero-order valence-corrected chi connectivity index (χ0v) is 9.83. The molecule has 1 saturated heterocycles. The summed E-state index contributed by atoms with van der Waals surface area (Å²) in [4.78, 5) is 4.40. The van der Waals surface area contributed by atoms with Crippen LogP contribution in [0.25, 0.3) is 0 Å². The first-order chi connectivity index (χ1) is 7.88. The molecule has 1 aromatic heterocycles. The monoisotopic (exact) mass is 224 g/mol. The third-order valence-electron chi connectivity index (χ3n) is 3.03. The first-order valence-electron chi connectivity index (χ1n) is 6.05. The van der Waals surface area contributed by atoms with Gasteiger partial charge in [0.15, 0.2) is 5.82 Å². The molecule has 0 bridgehead atoms. The smallest absolute Gasteiger partial charge is 0.226 e. The van der Waals surface area contributed by atoms with Crippen molar-refractivity contribution < 1.29 is 4.52 Å². The van der Waals surface area contributed by atoms with Crippen LogP contribution < -0.4 is 10.6 Å². The average Bonchev–Trinajstić information content (AvgIpc) is 2.75. The third kappa shape index (κ3) is 3.28. The van der Waals surface area contributed by atoms with E-state index in [-0.39, 0.29) is 0 Å². The largest absolute Gasteiger partial charge is 0.339 e. The third-order valence-corrected chi connectivity index (χ3v) is 3.03. The van der Waals surface area contributed by atoms with E-state index in [0.29, 0.717) is 5.92 Å². The Hall–Kier alpha value is -0.940. The molecule has 1 aliphatic rings. The van der Waals surface area contributed by atoms with Gasteiger partial charge < -0.3 is 15.2 Å². The van der Waals surface area contributed by atoms with E-state index < -0.39 is 0 Å². The van der Waals surface area contributed by atoms with Crippen LogP contribution in [-0.4, -0.2) is 36.8 Å². The van der Waals surface area contributed by atoms with Gasteiger partial charge in [-0.2, -0.15) is 4.98 Å². The van der Waals surface area contributed by atoms with Crippen LogP contribution in [0.1, 0.15) is 24.6 Å². The SMILES string of the molecule is CNCCc1noc(CC2CCNCC2)n1. The second kappa shape index (κ2) is 5.96. The molecule has 5 nitrogen and oxygen atoms in total. The predicted molar refractivity (Wildman–Crippen MR) is 61.2 cm³/mol. The average molecular weight is 224 g/mol. The van der Waals surface area contributed by atoms with Gasteiger partial charge in [0, 0.05) is 19.4 Å². The van der Waals surface area contributed by atoms with Crippen LogP contribution in [0, 0.1) is 5.92 Å². The summed E-state index contributed by atoms with van der Waals surface area (Å²) in [6, 6.07) is 0. The van der Waals surface area contributed by atoms with Crippen LogP contribution in [-0.2, 0) is 12.8 Å². The Morgan fingerprint density at radius 2 is 2.25 bits per heavy atom. The van der Waals surface area contributed by atoms with Crippen molar-refractivity contribution >= 4 is 0 Å². The van der Waals surface area contributed by atoms with Crippen LogP contribution in [0.5, 0.6) is 0 Å². The molecular weight excluding hydrogens is 204 g/mol. The summed E-state index contributed by atoms with van der Waals surface area (Å²) in [5.74, 6) is 2.33. The van der Waals surface area contributed by atoms with Crippen molar-refractivity contribution in [3.05, 3.63) is 11.7 Å². The lowest BCUT2D eigenvalue weighted by Crippen LogP contribution is -2.28. The molecule has 0 amide bonds. The molecular formula is C11H20N4O. The highest BCUT2D eigenvalue weighted by Gasteiger charge is 2.16. The highest BCUT2D eigenvalue weighted by Crippen LogP contribution is 2.16. The number of nitrogens with zero attached hydrogens (tertiary/aromatic N) is 2. The molecule has 0 unspecified atom stereocenters. The standard InChI is InChI=1S/C11H20N4O/c1-12-5-4-10-14-11(16-15-10)8-9-2-6-13-7-3-9/h9,12-13H,2-8H2,1H3. The topological polar surface area (TPSA) is 63.0 Å². The van der Waals surface area contributed by atoms with Crippen molar-refractivity contribution in [2.75, 3.05) is 26.7 Å². The highest BCUT2D eigenvalue weighted by molar-refractivity contribution is 4.89. The molecule has 2 rings (SSSR count). The van der Waals surface area contributed by atoms with Gasteiger partial charge in [-0.25, -0.2) is 0 Å². The summed E-state index contributed by atoms with van der Waals surface area (Å²) in [6.45, 7) is 3.13. The van der Waals surface area contributed by atoms with Gasteiger partial charge in [-0.1, -0.05) is 5.16 Å². The number of hydrogen-bond donors (Lipinski definition) is 2. The van der Waals surface area contributed by atoms with Crippen molar-refractivity contribution in [2.24, 2.45) is 5.92 Å². The van der Waals surface area contributed by atoms with Gasteiger partial charge in [-0.15, -0.1) is 0 Å². The van der Waals surface area contributed by atoms with Gasteiger partial charge in [0.05, 0.1) is 0 Å². The zero-order chi connectivity index (χ0) is 11.2. The van der Waals surface area contributed by atoms with E-state index in [1.807, 2.05) is 7.05 Å². The number of likely N-dealkylation sites (N-methyl/N-ethyl adjacent to an activating group) is 1. The second-order valence-electron chi connectivity index (χ2n) is 4.36. The molecule has 0 saturated carbocycles. The van der Waals surface area contributed by atoms with Gasteiger partial charge >= 0.3 is 0 Å². The molecule has 5 heteroatoms. The van der Waals surface area contributed by atoms with Crippen molar-refractivity contribution in [2.45, 2.75) is 25.7 Å². The fraction of sp³-hybridized carbons (Fsp3) is 0.818. The van der Waals surface area contributed by atoms with E-state index in [1.54, 1.807) is 0 Å². The van der Waals surface area contributed by atoms with Crippen LogP contribution in [0.4, 0.5) is 0 Å². The summed E-state index contributed by atoms with van der Waals surface area (Å²) in [6.07, 6.45) is 4.21. The maximum absolute atomic E-state index is 5.26. The van der Waals surface area contributed by atoms with E-state index in [1.165, 1.54) is 12.8 Å². The molecule has 0 atom stereocenters. The lowest BCUT2D eigenvalue weighted by Gasteiger charge is -2.20. The lowest BCUT2D eigenvalue weighted by molar-refractivity contribution is 0.312. The van der Waals surface area contributed by atoms with Gasteiger partial charge in [0.2, 0.25) is 5.89 Å². The minimum absolute atomic E-state index is 0.707. The van der Waals surface area contributed by atoms with E-state index >= 15 is 0 Å². The zero-order valence-electron chi connectivity index (χ0n) is 9.83. The Labute approximate surface area is 96.0 Å². The van der Waals surface area contributed by atoms with Crippen LogP contribution >= 0.6 is 0 Å². The maximum atomic E-state index is 5.26. The Kier molecular flexibility index (Phi) is 4.30. The summed E-state index contributed by atoms with van der Waals surface area (Å²) in [7, 11) is 1.93. The van der Waals surface area contributed by atoms with Gasteiger partial charge in [0.25, 0.3) is 0 Å². The number of rotatable bonds is 5. The minimum Gasteiger partial charge on any atom is -0.339 e. The lowest BCUT2D eigenvalue weighted by atomic mass is 9.95. The van der Waals surface area contributed by atoms with Crippen LogP contribution in [0.2, 0.25) is 0 Å². The molecule has 1 aromatic rings. The molecule has 1 fully saturated rings. The Morgan fingerprint density at radius 3 is 3.00 bits per heavy atom. The van der Waals surface area contributed by atoms with Crippen molar-refractivity contribution in [3.63, 3.8) is 0 Å². The number of nitrogens with one attached hydrogen (secondary N) is 2. The molecule has 90 valence electrons. The van der Waals surface area contributed by atoms with Gasteiger partial charge in [-0.05, 0) is 38.9 Å². The first kappa shape index (κ1) is 11.5. The quantitative estimate of drug-likeness (QED) is 0.757. The summed E-state index contributed by atoms with van der Waals surface area (Å²) >= 11 is 0. The number of aromatic nitrogens is 2. The second-order valence-corrected chi connectivity index (χ2v) is 4.36. The normalized spacial score (nSPS) is 17.8. The first-order valence-corrected chi connectivity index (χ1v) is 6.05. The molecule has 2 N–H and O–H groups in total. The molecule has 16 heavy (non-hydrogen) atoms. The molecule has 0 spiro atoms. The minimum atomic E-state index is 0.707. The van der Waals surface area contributed by atoms with E-state index in [0.717, 1.165) is 44.2 Å². The highest BCUT2D eigenvalue weighted by atomic mass is 16.5. The van der Waals surface area contributed by atoms with Crippen LogP contribution in [0.15, 0.2) is 4.52 Å². The predicted octanol–water partition coefficient (Wildman–Crippen LogP) is 0.374. The van der Waals surface area contributed by atoms with Gasteiger partial charge in [0.1, 0.15) is 0 Å². The fourth-order valence-corrected chi connectivity index (χ4v) is 2.04. The van der Waals surface area contributed by atoms with Crippen LogP contribution in [0.3, 0.4) is 0 Å². The van der Waals surface area contributed by atoms with E-state index in [4.69, 9.17) is 4.52 Å². The van der Waals surface area contributed by atoms with Gasteiger partial charge in [-0.3, -0.25) is 0 Å². The molecule has 0 radical (unpaired) electrons. The Morgan fingerprint density at radius 1 is 1.44 bits per heavy atom. The molecule has 0 aliphatic carbocycles. The Balaban J connectivity index is 1.81. The molecule has 2 heterocycles. The summed E-state index contributed by atoms with van der Waals surface area (Å²) < 4.78 is 5.26. The van der Waals surface area contributed by atoms with Crippen molar-refractivity contribution in [1.82, 2.24) is 20.8 Å². The number of piperidine rings is 1. The van der Waals surface area contributed by atoms with Crippen molar-refractivity contribution in [1.29, 1.82) is 0 Å². The van der Waals surface area contributed by atoms with E-state index in [9.17, 15) is 0 Å². The number of hydrogen-bond acceptors (Lipinski definition) is 5. The van der Waals surface area contributed by atoms with E-state index in [2.05, 4.69) is 20.8 Å². The molecule has 1 aliphatic heterocycles. The maximum Gasteiger partial charge on any atom is 0.226 e. The fourth-order valence-electron chi connectivity index (χ4n) is 2.04. The Bertz CT molecular complexity index is 307. The molecule has 0 aromatic carbocycles. The summed E-state index contributed by atoms with van der Waals surface area (Å²) in [5, 5.41) is 10.4.